The van der Waals surface area contributed by atoms with Crippen molar-refractivity contribution in [2.75, 3.05) is 13.1 Å². The molecule has 0 radical (unpaired) electrons. The SMILES string of the molecule is CC1=C(N2CCCC2)C(C)CC1=O. The van der Waals surface area contributed by atoms with Crippen molar-refractivity contribution < 1.29 is 4.79 Å². The van der Waals surface area contributed by atoms with Crippen LogP contribution >= 0.6 is 0 Å². The fourth-order valence-corrected chi connectivity index (χ4v) is 2.55. The zero-order chi connectivity index (χ0) is 9.42. The molecule has 1 heterocycles. The molecule has 2 heteroatoms. The van der Waals surface area contributed by atoms with Gasteiger partial charge in [-0.1, -0.05) is 6.92 Å². The van der Waals surface area contributed by atoms with Gasteiger partial charge >= 0.3 is 0 Å². The Labute approximate surface area is 79.6 Å². The average molecular weight is 179 g/mol. The molecule has 1 unspecified atom stereocenters. The van der Waals surface area contributed by atoms with Crippen molar-refractivity contribution in [3.63, 3.8) is 0 Å². The number of carbonyl (C=O) groups is 1. The first-order valence-corrected chi connectivity index (χ1v) is 5.19. The lowest BCUT2D eigenvalue weighted by Crippen LogP contribution is -2.21. The highest BCUT2D eigenvalue weighted by Gasteiger charge is 2.30. The van der Waals surface area contributed by atoms with Gasteiger partial charge in [-0.25, -0.2) is 0 Å². The molecule has 0 aromatic carbocycles. The molecule has 1 aliphatic carbocycles. The monoisotopic (exact) mass is 179 g/mol. The van der Waals surface area contributed by atoms with Gasteiger partial charge in [0.05, 0.1) is 0 Å². The molecule has 72 valence electrons. The standard InChI is InChI=1S/C11H17NO/c1-8-7-10(13)9(2)11(8)12-5-3-4-6-12/h8H,3-7H2,1-2H3. The molecule has 1 aliphatic heterocycles. The molecule has 2 nitrogen and oxygen atoms in total. The van der Waals surface area contributed by atoms with E-state index in [0.717, 1.165) is 25.1 Å². The second kappa shape index (κ2) is 3.17. The molecule has 2 aliphatic rings. The number of likely N-dealkylation sites (tertiary alicyclic amines) is 1. The van der Waals surface area contributed by atoms with E-state index in [1.165, 1.54) is 18.5 Å². The Balaban J connectivity index is 2.24. The van der Waals surface area contributed by atoms with E-state index < -0.39 is 0 Å². The smallest absolute Gasteiger partial charge is 0.160 e. The normalized spacial score (nSPS) is 29.2. The van der Waals surface area contributed by atoms with E-state index in [1.54, 1.807) is 0 Å². The molecule has 0 saturated carbocycles. The Bertz CT molecular complexity index is 261. The second-order valence-electron chi connectivity index (χ2n) is 4.23. The molecular formula is C11H17NO. The van der Waals surface area contributed by atoms with Gasteiger partial charge in [0.2, 0.25) is 0 Å². The van der Waals surface area contributed by atoms with Crippen molar-refractivity contribution in [3.8, 4) is 0 Å². The molecule has 2 rings (SSSR count). The summed E-state index contributed by atoms with van der Waals surface area (Å²) in [7, 11) is 0. The molecule has 1 fully saturated rings. The summed E-state index contributed by atoms with van der Waals surface area (Å²) in [6.45, 7) is 6.47. The highest BCUT2D eigenvalue weighted by Crippen LogP contribution is 2.33. The fourth-order valence-electron chi connectivity index (χ4n) is 2.55. The summed E-state index contributed by atoms with van der Waals surface area (Å²) in [5, 5.41) is 0. The summed E-state index contributed by atoms with van der Waals surface area (Å²) in [5.41, 5.74) is 2.36. The molecular weight excluding hydrogens is 162 g/mol. The van der Waals surface area contributed by atoms with Crippen molar-refractivity contribution in [2.24, 2.45) is 5.92 Å². The topological polar surface area (TPSA) is 20.3 Å². The lowest BCUT2D eigenvalue weighted by molar-refractivity contribution is -0.115. The number of Topliss-reactive ketones (excluding diaryl/α,β-unsaturated/α-hetero) is 1. The number of allylic oxidation sites excluding steroid dienone is 2. The number of ketones is 1. The van der Waals surface area contributed by atoms with Gasteiger partial charge in [0.25, 0.3) is 0 Å². The third-order valence-electron chi connectivity index (χ3n) is 3.21. The third kappa shape index (κ3) is 1.38. The van der Waals surface area contributed by atoms with Crippen LogP contribution in [0.3, 0.4) is 0 Å². The van der Waals surface area contributed by atoms with Gasteiger partial charge in [-0.05, 0) is 19.8 Å². The van der Waals surface area contributed by atoms with Crippen LogP contribution in [0.5, 0.6) is 0 Å². The van der Waals surface area contributed by atoms with E-state index in [-0.39, 0.29) is 0 Å². The Morgan fingerprint density at radius 3 is 2.38 bits per heavy atom. The quantitative estimate of drug-likeness (QED) is 0.613. The van der Waals surface area contributed by atoms with Gasteiger partial charge in [-0.2, -0.15) is 0 Å². The van der Waals surface area contributed by atoms with E-state index in [0.29, 0.717) is 11.7 Å². The van der Waals surface area contributed by atoms with Crippen molar-refractivity contribution in [1.82, 2.24) is 4.90 Å². The third-order valence-corrected chi connectivity index (χ3v) is 3.21. The second-order valence-corrected chi connectivity index (χ2v) is 4.23. The lowest BCUT2D eigenvalue weighted by atomic mass is 10.1. The highest BCUT2D eigenvalue weighted by molar-refractivity contribution is 5.98. The number of hydrogen-bond acceptors (Lipinski definition) is 2. The Morgan fingerprint density at radius 2 is 1.92 bits per heavy atom. The van der Waals surface area contributed by atoms with Gasteiger partial charge in [0, 0.05) is 36.7 Å². The first kappa shape index (κ1) is 8.79. The van der Waals surface area contributed by atoms with Crippen LogP contribution in [-0.4, -0.2) is 23.8 Å². The summed E-state index contributed by atoms with van der Waals surface area (Å²) < 4.78 is 0. The molecule has 1 atom stereocenters. The van der Waals surface area contributed by atoms with Crippen molar-refractivity contribution in [3.05, 3.63) is 11.3 Å². The molecule has 0 N–H and O–H groups in total. The van der Waals surface area contributed by atoms with Gasteiger partial charge in [-0.3, -0.25) is 4.79 Å². The molecule has 0 aromatic rings. The first-order chi connectivity index (χ1) is 6.20. The van der Waals surface area contributed by atoms with Crippen molar-refractivity contribution >= 4 is 5.78 Å². The lowest BCUT2D eigenvalue weighted by Gasteiger charge is -2.23. The zero-order valence-corrected chi connectivity index (χ0v) is 8.47. The van der Waals surface area contributed by atoms with Crippen LogP contribution in [0.2, 0.25) is 0 Å². The maximum atomic E-state index is 11.5. The minimum atomic E-state index is 0.356. The van der Waals surface area contributed by atoms with E-state index >= 15 is 0 Å². The van der Waals surface area contributed by atoms with Crippen LogP contribution < -0.4 is 0 Å². The molecule has 13 heavy (non-hydrogen) atoms. The number of hydrogen-bond donors (Lipinski definition) is 0. The summed E-state index contributed by atoms with van der Waals surface area (Å²) in [5.74, 6) is 0.819. The molecule has 1 saturated heterocycles. The molecule has 0 bridgehead atoms. The number of carbonyl (C=O) groups excluding carboxylic acids is 1. The molecule has 0 aromatic heterocycles. The summed E-state index contributed by atoms with van der Waals surface area (Å²) >= 11 is 0. The maximum Gasteiger partial charge on any atom is 0.160 e. The minimum Gasteiger partial charge on any atom is -0.374 e. The van der Waals surface area contributed by atoms with Crippen LogP contribution in [0.4, 0.5) is 0 Å². The van der Waals surface area contributed by atoms with Gasteiger partial charge < -0.3 is 4.90 Å². The number of nitrogens with zero attached hydrogens (tertiary/aromatic N) is 1. The molecule has 0 amide bonds. The highest BCUT2D eigenvalue weighted by atomic mass is 16.1. The maximum absolute atomic E-state index is 11.5. The number of rotatable bonds is 1. The first-order valence-electron chi connectivity index (χ1n) is 5.19. The average Bonchev–Trinajstić information content (AvgIpc) is 2.63. The van der Waals surface area contributed by atoms with E-state index in [4.69, 9.17) is 0 Å². The van der Waals surface area contributed by atoms with Crippen LogP contribution in [-0.2, 0) is 4.79 Å². The predicted molar refractivity (Wildman–Crippen MR) is 52.3 cm³/mol. The largest absolute Gasteiger partial charge is 0.374 e. The summed E-state index contributed by atoms with van der Waals surface area (Å²) in [4.78, 5) is 13.9. The Kier molecular flexibility index (Phi) is 2.14. The van der Waals surface area contributed by atoms with Crippen LogP contribution in [0.25, 0.3) is 0 Å². The van der Waals surface area contributed by atoms with Gasteiger partial charge in [0.1, 0.15) is 0 Å². The van der Waals surface area contributed by atoms with E-state index in [2.05, 4.69) is 11.8 Å². The zero-order valence-electron chi connectivity index (χ0n) is 8.47. The van der Waals surface area contributed by atoms with E-state index in [1.807, 2.05) is 6.92 Å². The Morgan fingerprint density at radius 1 is 1.31 bits per heavy atom. The molecule has 0 spiro atoms. The fraction of sp³-hybridized carbons (Fsp3) is 0.727. The van der Waals surface area contributed by atoms with Crippen molar-refractivity contribution in [1.29, 1.82) is 0 Å². The van der Waals surface area contributed by atoms with Gasteiger partial charge in [0.15, 0.2) is 5.78 Å². The summed E-state index contributed by atoms with van der Waals surface area (Å²) in [6, 6.07) is 0. The summed E-state index contributed by atoms with van der Waals surface area (Å²) in [6.07, 6.45) is 3.31. The minimum absolute atomic E-state index is 0.356. The van der Waals surface area contributed by atoms with E-state index in [9.17, 15) is 4.79 Å². The predicted octanol–water partition coefficient (Wildman–Crippen LogP) is 1.97. The van der Waals surface area contributed by atoms with Crippen LogP contribution in [0.1, 0.15) is 33.1 Å². The van der Waals surface area contributed by atoms with Gasteiger partial charge in [-0.15, -0.1) is 0 Å². The van der Waals surface area contributed by atoms with Crippen molar-refractivity contribution in [2.45, 2.75) is 33.1 Å². The van der Waals surface area contributed by atoms with Crippen LogP contribution in [0.15, 0.2) is 11.3 Å². The van der Waals surface area contributed by atoms with Crippen LogP contribution in [0, 0.1) is 5.92 Å². The Hall–Kier alpha value is -0.790.